The van der Waals surface area contributed by atoms with Gasteiger partial charge in [-0.3, -0.25) is 10.1 Å². The van der Waals surface area contributed by atoms with Crippen LogP contribution in [0.5, 0.6) is 0 Å². The molecule has 7 nitrogen and oxygen atoms in total. The number of nitrogens with zero attached hydrogens (tertiary/aromatic N) is 1. The van der Waals surface area contributed by atoms with Crippen LogP contribution in [0.3, 0.4) is 0 Å². The van der Waals surface area contributed by atoms with Crippen LogP contribution in [-0.2, 0) is 16.2 Å². The first kappa shape index (κ1) is 20.6. The Balaban J connectivity index is 0.00000441. The first-order valence-corrected chi connectivity index (χ1v) is 7.08. The van der Waals surface area contributed by atoms with E-state index in [9.17, 15) is 31.7 Å². The van der Waals surface area contributed by atoms with Crippen molar-refractivity contribution < 1.29 is 26.5 Å². The fraction of sp³-hybridized carbons (Fsp3) is 0.400. The number of hydrogen-bond acceptors (Lipinski definition) is 5. The number of alkyl halides is 3. The molecule has 2 N–H and O–H groups in total. The van der Waals surface area contributed by atoms with Crippen LogP contribution >= 0.6 is 12.4 Å². The Morgan fingerprint density at radius 2 is 1.86 bits per heavy atom. The molecule has 0 amide bonds. The van der Waals surface area contributed by atoms with Gasteiger partial charge in [-0.2, -0.15) is 13.2 Å². The topological polar surface area (TPSA) is 101 Å². The van der Waals surface area contributed by atoms with Gasteiger partial charge < -0.3 is 5.32 Å². The van der Waals surface area contributed by atoms with Crippen molar-refractivity contribution in [3.05, 3.63) is 33.9 Å². The van der Waals surface area contributed by atoms with Gasteiger partial charge in [0.05, 0.1) is 15.4 Å². The Bertz CT molecular complexity index is 637. The average molecular weight is 364 g/mol. The van der Waals surface area contributed by atoms with Crippen LogP contribution in [0.2, 0.25) is 0 Å². The predicted molar refractivity (Wildman–Crippen MR) is 74.5 cm³/mol. The lowest BCUT2D eigenvalue weighted by Gasteiger charge is -2.13. The number of likely N-dealkylation sites (N-methyl/N-ethyl adjacent to an activating group) is 1. The van der Waals surface area contributed by atoms with Gasteiger partial charge in [0.15, 0.2) is 0 Å². The molecular formula is C10H13ClF3N3O4S. The van der Waals surface area contributed by atoms with E-state index in [1.165, 1.54) is 0 Å². The Hall–Kier alpha value is -1.43. The Morgan fingerprint density at radius 1 is 1.27 bits per heavy atom. The number of nitro groups is 1. The van der Waals surface area contributed by atoms with Gasteiger partial charge in [0.2, 0.25) is 10.0 Å². The number of benzene rings is 1. The molecule has 0 aliphatic carbocycles. The minimum atomic E-state index is -5.03. The largest absolute Gasteiger partial charge is 0.417 e. The molecule has 12 heteroatoms. The molecule has 0 aliphatic heterocycles. The van der Waals surface area contributed by atoms with Gasteiger partial charge in [0.1, 0.15) is 0 Å². The van der Waals surface area contributed by atoms with Crippen LogP contribution in [0.1, 0.15) is 5.56 Å². The zero-order valence-electron chi connectivity index (χ0n) is 11.2. The van der Waals surface area contributed by atoms with E-state index in [-0.39, 0.29) is 31.6 Å². The summed E-state index contributed by atoms with van der Waals surface area (Å²) in [6.07, 6.45) is -5.03. The van der Waals surface area contributed by atoms with Gasteiger partial charge in [-0.25, -0.2) is 13.1 Å². The average Bonchev–Trinajstić information content (AvgIpc) is 2.37. The molecule has 22 heavy (non-hydrogen) atoms. The first-order chi connectivity index (χ1) is 9.59. The fourth-order valence-electron chi connectivity index (χ4n) is 1.48. The van der Waals surface area contributed by atoms with E-state index in [0.29, 0.717) is 12.1 Å². The third kappa shape index (κ3) is 5.09. The van der Waals surface area contributed by atoms with Gasteiger partial charge in [0, 0.05) is 25.2 Å². The minimum absolute atomic E-state index is 0. The summed E-state index contributed by atoms with van der Waals surface area (Å²) >= 11 is 0. The van der Waals surface area contributed by atoms with Crippen LogP contribution in [0, 0.1) is 10.1 Å². The first-order valence-electron chi connectivity index (χ1n) is 5.59. The van der Waals surface area contributed by atoms with Crippen molar-refractivity contribution in [2.75, 3.05) is 20.1 Å². The number of nitro benzene ring substituents is 1. The summed E-state index contributed by atoms with van der Waals surface area (Å²) in [7, 11) is -2.88. The second-order valence-corrected chi connectivity index (χ2v) is 5.67. The van der Waals surface area contributed by atoms with Crippen molar-refractivity contribution in [2.24, 2.45) is 0 Å². The second-order valence-electron chi connectivity index (χ2n) is 3.94. The maximum absolute atomic E-state index is 12.9. The van der Waals surface area contributed by atoms with Crippen LogP contribution in [-0.4, -0.2) is 33.5 Å². The molecule has 0 saturated heterocycles. The molecule has 0 radical (unpaired) electrons. The standard InChI is InChI=1S/C10H12F3N3O4S.ClH/c1-14-4-5-15-21(19,20)9-3-2-7(16(17)18)6-8(9)10(11,12)13;/h2-3,6,14-15H,4-5H2,1H3;1H. The molecule has 1 rings (SSSR count). The smallest absolute Gasteiger partial charge is 0.318 e. The highest BCUT2D eigenvalue weighted by Crippen LogP contribution is 2.36. The van der Waals surface area contributed by atoms with E-state index in [0.717, 1.165) is 0 Å². The molecule has 0 spiro atoms. The number of sulfonamides is 1. The van der Waals surface area contributed by atoms with E-state index in [1.54, 1.807) is 7.05 Å². The van der Waals surface area contributed by atoms with E-state index >= 15 is 0 Å². The summed E-state index contributed by atoms with van der Waals surface area (Å²) in [4.78, 5) is 8.44. The molecule has 0 heterocycles. The summed E-state index contributed by atoms with van der Waals surface area (Å²) in [5.41, 5.74) is -2.41. The van der Waals surface area contributed by atoms with E-state index in [2.05, 4.69) is 5.32 Å². The van der Waals surface area contributed by atoms with E-state index in [4.69, 9.17) is 0 Å². The molecule has 1 aromatic carbocycles. The maximum atomic E-state index is 12.9. The van der Waals surface area contributed by atoms with Crippen molar-refractivity contribution in [1.82, 2.24) is 10.0 Å². The van der Waals surface area contributed by atoms with Gasteiger partial charge in [-0.15, -0.1) is 12.4 Å². The van der Waals surface area contributed by atoms with Gasteiger partial charge in [0.25, 0.3) is 5.69 Å². The van der Waals surface area contributed by atoms with Crippen molar-refractivity contribution >= 4 is 28.1 Å². The van der Waals surface area contributed by atoms with Crippen LogP contribution in [0.25, 0.3) is 0 Å². The Morgan fingerprint density at radius 3 is 2.32 bits per heavy atom. The Kier molecular flexibility index (Phi) is 7.22. The zero-order chi connectivity index (χ0) is 16.3. The Labute approximate surface area is 130 Å². The van der Waals surface area contributed by atoms with Crippen LogP contribution in [0.15, 0.2) is 23.1 Å². The van der Waals surface area contributed by atoms with E-state index < -0.39 is 37.3 Å². The zero-order valence-corrected chi connectivity index (χ0v) is 12.8. The normalized spacial score (nSPS) is 11.8. The van der Waals surface area contributed by atoms with Gasteiger partial charge in [-0.1, -0.05) is 0 Å². The SMILES string of the molecule is CNCCNS(=O)(=O)c1ccc([N+](=O)[O-])cc1C(F)(F)F.Cl. The summed E-state index contributed by atoms with van der Waals surface area (Å²) in [6.45, 7) is 0.0979. The number of halogens is 4. The van der Waals surface area contributed by atoms with Crippen molar-refractivity contribution in [3.63, 3.8) is 0 Å². The molecule has 0 bridgehead atoms. The lowest BCUT2D eigenvalue weighted by Crippen LogP contribution is -2.31. The van der Waals surface area contributed by atoms with Crippen molar-refractivity contribution in [2.45, 2.75) is 11.1 Å². The van der Waals surface area contributed by atoms with Crippen LogP contribution < -0.4 is 10.0 Å². The molecule has 0 unspecified atom stereocenters. The molecule has 0 aliphatic rings. The third-order valence-electron chi connectivity index (χ3n) is 2.44. The summed E-state index contributed by atoms with van der Waals surface area (Å²) in [5, 5.41) is 13.1. The fourth-order valence-corrected chi connectivity index (χ4v) is 2.71. The number of nitrogens with one attached hydrogen (secondary N) is 2. The monoisotopic (exact) mass is 363 g/mol. The quantitative estimate of drug-likeness (QED) is 0.453. The van der Waals surface area contributed by atoms with Crippen LogP contribution in [0.4, 0.5) is 18.9 Å². The highest BCUT2D eigenvalue weighted by Gasteiger charge is 2.38. The molecular weight excluding hydrogens is 351 g/mol. The molecule has 0 aromatic heterocycles. The molecule has 0 atom stereocenters. The highest BCUT2D eigenvalue weighted by atomic mass is 35.5. The number of hydrogen-bond donors (Lipinski definition) is 2. The molecule has 0 fully saturated rings. The lowest BCUT2D eigenvalue weighted by atomic mass is 10.2. The van der Waals surface area contributed by atoms with E-state index in [1.807, 2.05) is 4.72 Å². The summed E-state index contributed by atoms with van der Waals surface area (Å²) in [6, 6.07) is 1.48. The van der Waals surface area contributed by atoms with Gasteiger partial charge >= 0.3 is 6.18 Å². The third-order valence-corrected chi connectivity index (χ3v) is 3.96. The predicted octanol–water partition coefficient (Wildman–Crippen LogP) is 1.53. The lowest BCUT2D eigenvalue weighted by molar-refractivity contribution is -0.385. The molecule has 0 saturated carbocycles. The van der Waals surface area contributed by atoms with Crippen molar-refractivity contribution in [1.29, 1.82) is 0 Å². The second kappa shape index (κ2) is 7.72. The molecule has 1 aromatic rings. The maximum Gasteiger partial charge on any atom is 0.417 e. The summed E-state index contributed by atoms with van der Waals surface area (Å²) < 4.78 is 64.3. The number of rotatable bonds is 6. The van der Waals surface area contributed by atoms with Gasteiger partial charge in [-0.05, 0) is 13.1 Å². The van der Waals surface area contributed by atoms with Crippen molar-refractivity contribution in [3.8, 4) is 0 Å². The molecule has 126 valence electrons. The highest BCUT2D eigenvalue weighted by molar-refractivity contribution is 7.89. The minimum Gasteiger partial charge on any atom is -0.318 e. The number of non-ortho nitro benzene ring substituents is 1. The summed E-state index contributed by atoms with van der Waals surface area (Å²) in [5.74, 6) is 0.